The van der Waals surface area contributed by atoms with Gasteiger partial charge in [-0.15, -0.1) is 0 Å². The predicted molar refractivity (Wildman–Crippen MR) is 102 cm³/mol. The third-order valence-electron chi connectivity index (χ3n) is 3.86. The first-order valence-electron chi connectivity index (χ1n) is 8.44. The molecule has 1 atom stereocenters. The summed E-state index contributed by atoms with van der Waals surface area (Å²) in [5, 5.41) is 5.73. The van der Waals surface area contributed by atoms with E-state index in [2.05, 4.69) is 10.6 Å². The van der Waals surface area contributed by atoms with E-state index in [0.29, 0.717) is 11.4 Å². The number of carbonyl (C=O) groups excluding carboxylic acids is 2. The third kappa shape index (κ3) is 6.22. The Kier molecular flexibility index (Phi) is 7.17. The van der Waals surface area contributed by atoms with Gasteiger partial charge in [0.1, 0.15) is 5.75 Å². The SMILES string of the molecule is COc1cccc(NC(=O)CN(C)CC(=O)NC(C)c2ccccc2)c1. The predicted octanol–water partition coefficient (Wildman–Crippen LogP) is 2.44. The standard InChI is InChI=1S/C20H25N3O3/c1-15(16-8-5-4-6-9-16)21-19(24)13-23(2)14-20(25)22-17-10-7-11-18(12-17)26-3/h4-12,15H,13-14H2,1-3H3,(H,21,24)(H,22,25). The zero-order chi connectivity index (χ0) is 18.9. The van der Waals surface area contributed by atoms with Gasteiger partial charge < -0.3 is 15.4 Å². The number of benzene rings is 2. The van der Waals surface area contributed by atoms with Crippen molar-refractivity contribution in [3.05, 3.63) is 60.2 Å². The van der Waals surface area contributed by atoms with Gasteiger partial charge >= 0.3 is 0 Å². The highest BCUT2D eigenvalue weighted by Gasteiger charge is 2.13. The highest BCUT2D eigenvalue weighted by molar-refractivity contribution is 5.92. The van der Waals surface area contributed by atoms with Crippen LogP contribution in [0.3, 0.4) is 0 Å². The van der Waals surface area contributed by atoms with E-state index in [0.717, 1.165) is 5.56 Å². The van der Waals surface area contributed by atoms with Crippen molar-refractivity contribution in [3.63, 3.8) is 0 Å². The molecule has 0 aliphatic rings. The fraction of sp³-hybridized carbons (Fsp3) is 0.300. The zero-order valence-electron chi connectivity index (χ0n) is 15.4. The van der Waals surface area contributed by atoms with Crippen molar-refractivity contribution in [3.8, 4) is 5.75 Å². The number of likely N-dealkylation sites (N-methyl/N-ethyl adjacent to an activating group) is 1. The molecular weight excluding hydrogens is 330 g/mol. The molecule has 6 nitrogen and oxygen atoms in total. The van der Waals surface area contributed by atoms with Crippen LogP contribution in [-0.2, 0) is 9.59 Å². The molecule has 0 bridgehead atoms. The summed E-state index contributed by atoms with van der Waals surface area (Å²) in [5.41, 5.74) is 1.70. The summed E-state index contributed by atoms with van der Waals surface area (Å²) in [6, 6.07) is 16.8. The van der Waals surface area contributed by atoms with Crippen LogP contribution in [0.2, 0.25) is 0 Å². The fourth-order valence-electron chi connectivity index (χ4n) is 2.56. The number of ether oxygens (including phenoxy) is 1. The van der Waals surface area contributed by atoms with Gasteiger partial charge in [-0.05, 0) is 31.7 Å². The molecule has 0 aliphatic heterocycles. The van der Waals surface area contributed by atoms with Gasteiger partial charge in [-0.2, -0.15) is 0 Å². The first-order chi connectivity index (χ1) is 12.5. The van der Waals surface area contributed by atoms with Crippen LogP contribution >= 0.6 is 0 Å². The number of anilines is 1. The van der Waals surface area contributed by atoms with Gasteiger partial charge in [-0.25, -0.2) is 0 Å². The van der Waals surface area contributed by atoms with Crippen LogP contribution in [0.5, 0.6) is 5.75 Å². The van der Waals surface area contributed by atoms with Crippen LogP contribution in [0.1, 0.15) is 18.5 Å². The van der Waals surface area contributed by atoms with E-state index < -0.39 is 0 Å². The molecule has 26 heavy (non-hydrogen) atoms. The maximum atomic E-state index is 12.2. The number of amides is 2. The molecule has 0 aliphatic carbocycles. The number of rotatable bonds is 8. The average molecular weight is 355 g/mol. The van der Waals surface area contributed by atoms with Crippen LogP contribution in [0.15, 0.2) is 54.6 Å². The lowest BCUT2D eigenvalue weighted by atomic mass is 10.1. The maximum Gasteiger partial charge on any atom is 0.238 e. The summed E-state index contributed by atoms with van der Waals surface area (Å²) in [7, 11) is 3.31. The number of carbonyl (C=O) groups is 2. The van der Waals surface area contributed by atoms with Crippen LogP contribution in [0.25, 0.3) is 0 Å². The summed E-state index contributed by atoms with van der Waals surface area (Å²) in [6.07, 6.45) is 0. The Hall–Kier alpha value is -2.86. The van der Waals surface area contributed by atoms with E-state index >= 15 is 0 Å². The number of nitrogens with one attached hydrogen (secondary N) is 2. The van der Waals surface area contributed by atoms with Crippen molar-refractivity contribution in [1.29, 1.82) is 0 Å². The van der Waals surface area contributed by atoms with Crippen LogP contribution in [-0.4, -0.2) is 44.0 Å². The van der Waals surface area contributed by atoms with Crippen molar-refractivity contribution in [2.45, 2.75) is 13.0 Å². The molecule has 0 fully saturated rings. The maximum absolute atomic E-state index is 12.2. The van der Waals surface area contributed by atoms with E-state index in [1.807, 2.05) is 37.3 Å². The van der Waals surface area contributed by atoms with Gasteiger partial charge in [0.25, 0.3) is 0 Å². The summed E-state index contributed by atoms with van der Waals surface area (Å²) in [4.78, 5) is 26.0. The van der Waals surface area contributed by atoms with Crippen LogP contribution in [0.4, 0.5) is 5.69 Å². The van der Waals surface area contributed by atoms with E-state index in [4.69, 9.17) is 4.74 Å². The third-order valence-corrected chi connectivity index (χ3v) is 3.86. The minimum Gasteiger partial charge on any atom is -0.497 e. The lowest BCUT2D eigenvalue weighted by Gasteiger charge is -2.19. The molecule has 0 radical (unpaired) electrons. The second-order valence-electron chi connectivity index (χ2n) is 6.15. The average Bonchev–Trinajstić information content (AvgIpc) is 2.62. The number of methoxy groups -OCH3 is 1. The van der Waals surface area contributed by atoms with Gasteiger partial charge in [0.15, 0.2) is 0 Å². The van der Waals surface area contributed by atoms with E-state index in [9.17, 15) is 9.59 Å². The lowest BCUT2D eigenvalue weighted by molar-refractivity contribution is -0.123. The smallest absolute Gasteiger partial charge is 0.238 e. The normalized spacial score (nSPS) is 11.7. The Morgan fingerprint density at radius 3 is 2.42 bits per heavy atom. The molecule has 6 heteroatoms. The Balaban J connectivity index is 1.78. The number of nitrogens with zero attached hydrogens (tertiary/aromatic N) is 1. The molecule has 0 heterocycles. The van der Waals surface area contributed by atoms with Crippen molar-refractivity contribution < 1.29 is 14.3 Å². The zero-order valence-corrected chi connectivity index (χ0v) is 15.4. The minimum absolute atomic E-state index is 0.0808. The van der Waals surface area contributed by atoms with E-state index in [1.54, 1.807) is 43.3 Å². The highest BCUT2D eigenvalue weighted by atomic mass is 16.5. The minimum atomic E-state index is -0.190. The van der Waals surface area contributed by atoms with Gasteiger partial charge in [0, 0.05) is 11.8 Å². The molecule has 0 spiro atoms. The Labute approximate surface area is 154 Å². The van der Waals surface area contributed by atoms with Crippen LogP contribution < -0.4 is 15.4 Å². The molecular formula is C20H25N3O3. The van der Waals surface area contributed by atoms with Crippen molar-refractivity contribution in [2.75, 3.05) is 32.6 Å². The summed E-state index contributed by atoms with van der Waals surface area (Å²) >= 11 is 0. The number of hydrogen-bond acceptors (Lipinski definition) is 4. The van der Waals surface area contributed by atoms with E-state index in [-0.39, 0.29) is 30.9 Å². The highest BCUT2D eigenvalue weighted by Crippen LogP contribution is 2.16. The molecule has 1 unspecified atom stereocenters. The first-order valence-corrected chi connectivity index (χ1v) is 8.44. The second kappa shape index (κ2) is 9.58. The number of hydrogen-bond donors (Lipinski definition) is 2. The Morgan fingerprint density at radius 2 is 1.73 bits per heavy atom. The largest absolute Gasteiger partial charge is 0.497 e. The lowest BCUT2D eigenvalue weighted by Crippen LogP contribution is -2.39. The Bertz CT molecular complexity index is 734. The monoisotopic (exact) mass is 355 g/mol. The fourth-order valence-corrected chi connectivity index (χ4v) is 2.56. The quantitative estimate of drug-likeness (QED) is 0.763. The molecule has 2 aromatic carbocycles. The molecule has 2 N–H and O–H groups in total. The molecule has 0 saturated carbocycles. The molecule has 0 saturated heterocycles. The van der Waals surface area contributed by atoms with Gasteiger partial charge in [0.05, 0.1) is 26.2 Å². The summed E-state index contributed by atoms with van der Waals surface area (Å²) in [6.45, 7) is 2.19. The van der Waals surface area contributed by atoms with Gasteiger partial charge in [-0.1, -0.05) is 36.4 Å². The van der Waals surface area contributed by atoms with Crippen molar-refractivity contribution >= 4 is 17.5 Å². The molecule has 2 amide bonds. The van der Waals surface area contributed by atoms with E-state index in [1.165, 1.54) is 0 Å². The van der Waals surface area contributed by atoms with Gasteiger partial charge in [-0.3, -0.25) is 14.5 Å². The Morgan fingerprint density at radius 1 is 1.04 bits per heavy atom. The van der Waals surface area contributed by atoms with Crippen molar-refractivity contribution in [2.24, 2.45) is 0 Å². The first kappa shape index (κ1) is 19.5. The molecule has 138 valence electrons. The summed E-state index contributed by atoms with van der Waals surface area (Å²) < 4.78 is 5.13. The topological polar surface area (TPSA) is 70.7 Å². The van der Waals surface area contributed by atoms with Crippen LogP contribution in [0, 0.1) is 0 Å². The summed E-state index contributed by atoms with van der Waals surface area (Å²) in [5.74, 6) is 0.355. The molecule has 0 aromatic heterocycles. The second-order valence-corrected chi connectivity index (χ2v) is 6.15. The molecule has 2 rings (SSSR count). The molecule has 2 aromatic rings. The van der Waals surface area contributed by atoms with Gasteiger partial charge in [0.2, 0.25) is 11.8 Å². The van der Waals surface area contributed by atoms with Crippen molar-refractivity contribution in [1.82, 2.24) is 10.2 Å².